The van der Waals surface area contributed by atoms with Gasteiger partial charge in [-0.2, -0.15) is 0 Å². The minimum absolute atomic E-state index is 0.0446. The summed E-state index contributed by atoms with van der Waals surface area (Å²) in [6, 6.07) is 18.3. The van der Waals surface area contributed by atoms with Crippen molar-refractivity contribution in [3.63, 3.8) is 0 Å². The van der Waals surface area contributed by atoms with Crippen LogP contribution in [0.1, 0.15) is 36.5 Å². The fourth-order valence-electron chi connectivity index (χ4n) is 5.18. The minimum Gasteiger partial charge on any atom is -0.452 e. The number of benzene rings is 2. The van der Waals surface area contributed by atoms with E-state index in [1.54, 1.807) is 9.80 Å². The van der Waals surface area contributed by atoms with Gasteiger partial charge < -0.3 is 24.6 Å². The van der Waals surface area contributed by atoms with E-state index in [0.29, 0.717) is 19.5 Å². The lowest BCUT2D eigenvalue weighted by Crippen LogP contribution is -2.73. The first-order valence-electron chi connectivity index (χ1n) is 12.9. The summed E-state index contributed by atoms with van der Waals surface area (Å²) in [6.45, 7) is 1.09. The van der Waals surface area contributed by atoms with Crippen LogP contribution in [0.5, 0.6) is 0 Å². The van der Waals surface area contributed by atoms with Crippen molar-refractivity contribution in [2.75, 3.05) is 32.0 Å². The first kappa shape index (κ1) is 26.1. The lowest BCUT2D eigenvalue weighted by atomic mass is 9.87. The van der Waals surface area contributed by atoms with Crippen molar-refractivity contribution in [3.8, 4) is 0 Å². The van der Waals surface area contributed by atoms with Gasteiger partial charge in [0.25, 0.3) is 0 Å². The van der Waals surface area contributed by atoms with Crippen molar-refractivity contribution in [2.45, 2.75) is 36.8 Å². The fourth-order valence-corrected chi connectivity index (χ4v) is 6.70. The Morgan fingerprint density at radius 2 is 1.66 bits per heavy atom. The van der Waals surface area contributed by atoms with Crippen LogP contribution in [0.25, 0.3) is 0 Å². The zero-order chi connectivity index (χ0) is 26.5. The predicted octanol–water partition coefficient (Wildman–Crippen LogP) is 2.96. The molecule has 9 nitrogen and oxygen atoms in total. The van der Waals surface area contributed by atoms with Gasteiger partial charge in [0.05, 0.1) is 0 Å². The number of ether oxygens (including phenoxy) is 2. The molecule has 10 heteroatoms. The summed E-state index contributed by atoms with van der Waals surface area (Å²) >= 11 is 1.38. The van der Waals surface area contributed by atoms with E-state index in [1.165, 1.54) is 11.8 Å². The minimum atomic E-state index is -1.25. The van der Waals surface area contributed by atoms with Gasteiger partial charge in [0.15, 0.2) is 6.10 Å². The van der Waals surface area contributed by atoms with Gasteiger partial charge >= 0.3 is 12.1 Å². The Labute approximate surface area is 225 Å². The normalized spacial score (nSPS) is 24.7. The van der Waals surface area contributed by atoms with Crippen LogP contribution in [0.4, 0.5) is 4.79 Å². The molecule has 38 heavy (non-hydrogen) atoms. The summed E-state index contributed by atoms with van der Waals surface area (Å²) in [5.41, 5.74) is 0.365. The molecule has 5 rings (SSSR count). The number of piperidine rings is 1. The molecule has 0 aliphatic carbocycles. The number of carbonyl (C=O) groups is 4. The fraction of sp³-hybridized carbons (Fsp3) is 0.429. The number of hydrogen-bond acceptors (Lipinski definition) is 7. The number of hydrogen-bond donors (Lipinski definition) is 1. The number of β-lactam (4-membered cyclic amide) rings is 1. The summed E-state index contributed by atoms with van der Waals surface area (Å²) in [4.78, 5) is 53.8. The van der Waals surface area contributed by atoms with Gasteiger partial charge in [-0.15, -0.1) is 11.8 Å². The quantitative estimate of drug-likeness (QED) is 0.314. The molecule has 2 unspecified atom stereocenters. The predicted molar refractivity (Wildman–Crippen MR) is 141 cm³/mol. The largest absolute Gasteiger partial charge is 0.452 e. The molecule has 3 saturated heterocycles. The second kappa shape index (κ2) is 11.5. The maximum atomic E-state index is 14.0. The van der Waals surface area contributed by atoms with E-state index in [2.05, 4.69) is 5.32 Å². The molecule has 1 N–H and O–H groups in total. The Morgan fingerprint density at radius 1 is 1.03 bits per heavy atom. The molecule has 2 aromatic rings. The monoisotopic (exact) mass is 537 g/mol. The van der Waals surface area contributed by atoms with E-state index >= 15 is 0 Å². The molecule has 0 spiro atoms. The van der Waals surface area contributed by atoms with Crippen molar-refractivity contribution < 1.29 is 28.7 Å². The molecular formula is C28H31N3O6S. The van der Waals surface area contributed by atoms with Gasteiger partial charge in [0, 0.05) is 25.4 Å². The SMILES string of the molecule is O=CNC1C(=O)N2CC(COC(=O)N3CCCCC3)(C(=O)OC(c3ccccc3)c3ccccc3)CS[C@H]12. The van der Waals surface area contributed by atoms with Crippen LogP contribution >= 0.6 is 11.8 Å². The van der Waals surface area contributed by atoms with Gasteiger partial charge in [0.2, 0.25) is 12.3 Å². The number of nitrogens with zero attached hydrogens (tertiary/aromatic N) is 2. The third-order valence-corrected chi connectivity index (χ3v) is 8.93. The smallest absolute Gasteiger partial charge is 0.409 e. The number of fused-ring (bicyclic) bond motifs is 1. The second-order valence-corrected chi connectivity index (χ2v) is 11.0. The van der Waals surface area contributed by atoms with E-state index in [4.69, 9.17) is 9.47 Å². The molecule has 3 atom stereocenters. The van der Waals surface area contributed by atoms with E-state index in [0.717, 1.165) is 30.4 Å². The zero-order valence-corrected chi connectivity index (χ0v) is 21.8. The Kier molecular flexibility index (Phi) is 7.87. The molecule has 0 saturated carbocycles. The Balaban J connectivity index is 1.39. The average Bonchev–Trinajstić information content (AvgIpc) is 2.98. The highest BCUT2D eigenvalue weighted by Gasteiger charge is 2.58. The molecule has 2 aromatic carbocycles. The average molecular weight is 538 g/mol. The molecule has 0 radical (unpaired) electrons. The summed E-state index contributed by atoms with van der Waals surface area (Å²) in [5, 5.41) is 2.28. The third kappa shape index (κ3) is 5.22. The molecule has 200 valence electrons. The lowest BCUT2D eigenvalue weighted by Gasteiger charge is -2.53. The maximum absolute atomic E-state index is 14.0. The highest BCUT2D eigenvalue weighted by Crippen LogP contribution is 2.44. The zero-order valence-electron chi connectivity index (χ0n) is 21.0. The standard InChI is InChI=1S/C28H31N3O6S/c32-19-29-22-24(33)31-16-28(18-38-25(22)31,17-36-27(35)30-14-8-3-9-15-30)26(34)37-23(20-10-4-1-5-11-20)21-12-6-2-7-13-21/h1-2,4-7,10-13,19,22-23,25H,3,8-9,14-18H2,(H,29,32)/t22?,25-,28?/m1/s1. The van der Waals surface area contributed by atoms with Gasteiger partial charge in [0.1, 0.15) is 23.4 Å². The van der Waals surface area contributed by atoms with Crippen molar-refractivity contribution in [1.29, 1.82) is 0 Å². The summed E-state index contributed by atoms with van der Waals surface area (Å²) in [7, 11) is 0. The van der Waals surface area contributed by atoms with Crippen LogP contribution < -0.4 is 5.32 Å². The van der Waals surface area contributed by atoms with Gasteiger partial charge in [-0.3, -0.25) is 14.4 Å². The van der Waals surface area contributed by atoms with Gasteiger partial charge in [-0.25, -0.2) is 4.79 Å². The first-order chi connectivity index (χ1) is 18.5. The van der Waals surface area contributed by atoms with E-state index in [1.807, 2.05) is 60.7 Å². The number of nitrogens with one attached hydrogen (secondary N) is 1. The van der Waals surface area contributed by atoms with Crippen molar-refractivity contribution in [3.05, 3.63) is 71.8 Å². The lowest BCUT2D eigenvalue weighted by molar-refractivity contribution is -0.168. The Bertz CT molecular complexity index is 1120. The molecule has 3 amide bonds. The first-order valence-corrected chi connectivity index (χ1v) is 13.9. The highest BCUT2D eigenvalue weighted by atomic mass is 32.2. The van der Waals surface area contributed by atoms with Crippen LogP contribution in [0.15, 0.2) is 60.7 Å². The molecule has 3 aliphatic rings. The van der Waals surface area contributed by atoms with Crippen LogP contribution in [-0.2, 0) is 23.9 Å². The van der Waals surface area contributed by atoms with E-state index in [9.17, 15) is 19.2 Å². The highest BCUT2D eigenvalue weighted by molar-refractivity contribution is 8.00. The van der Waals surface area contributed by atoms with Crippen molar-refractivity contribution >= 4 is 36.1 Å². The second-order valence-electron chi connectivity index (χ2n) is 9.92. The summed E-state index contributed by atoms with van der Waals surface area (Å²) in [6.07, 6.45) is 2.31. The van der Waals surface area contributed by atoms with Crippen molar-refractivity contribution in [2.24, 2.45) is 5.41 Å². The molecular weight excluding hydrogens is 506 g/mol. The van der Waals surface area contributed by atoms with Crippen LogP contribution in [-0.4, -0.2) is 77.6 Å². The summed E-state index contributed by atoms with van der Waals surface area (Å²) in [5.74, 6) is -0.523. The van der Waals surface area contributed by atoms with Gasteiger partial charge in [-0.1, -0.05) is 60.7 Å². The molecule has 3 aliphatic heterocycles. The molecule has 3 fully saturated rings. The number of likely N-dealkylation sites (tertiary alicyclic amines) is 1. The summed E-state index contributed by atoms with van der Waals surface area (Å²) < 4.78 is 11.9. The van der Waals surface area contributed by atoms with Crippen LogP contribution in [0.2, 0.25) is 0 Å². The topological polar surface area (TPSA) is 105 Å². The number of amides is 3. The molecule has 3 heterocycles. The number of rotatable bonds is 8. The van der Waals surface area contributed by atoms with Crippen LogP contribution in [0.3, 0.4) is 0 Å². The Morgan fingerprint density at radius 3 is 2.26 bits per heavy atom. The number of esters is 1. The third-order valence-electron chi connectivity index (χ3n) is 7.34. The van der Waals surface area contributed by atoms with Gasteiger partial charge in [-0.05, 0) is 30.4 Å². The maximum Gasteiger partial charge on any atom is 0.409 e. The number of carbonyl (C=O) groups excluding carboxylic acids is 4. The van der Waals surface area contributed by atoms with Crippen LogP contribution in [0, 0.1) is 5.41 Å². The van der Waals surface area contributed by atoms with E-state index in [-0.39, 0.29) is 30.2 Å². The number of thioether (sulfide) groups is 1. The van der Waals surface area contributed by atoms with Crippen molar-refractivity contribution in [1.82, 2.24) is 15.1 Å². The van der Waals surface area contributed by atoms with E-state index < -0.39 is 29.6 Å². The Hall–Kier alpha value is -3.53. The molecule has 0 bridgehead atoms. The molecule has 0 aromatic heterocycles.